The predicted octanol–water partition coefficient (Wildman–Crippen LogP) is 3.19. The normalized spacial score (nSPS) is 26.2. The quantitative estimate of drug-likeness (QED) is 0.903. The number of hydrogen-bond acceptors (Lipinski definition) is 3. The Morgan fingerprint density at radius 1 is 1.26 bits per heavy atom. The van der Waals surface area contributed by atoms with Crippen LogP contribution in [0, 0.1) is 0 Å². The van der Waals surface area contributed by atoms with Gasteiger partial charge in [-0.25, -0.2) is 0 Å². The first-order valence-corrected chi connectivity index (χ1v) is 7.37. The first-order chi connectivity index (χ1) is 9.16. The van der Waals surface area contributed by atoms with E-state index in [2.05, 4.69) is 18.3 Å². The summed E-state index contributed by atoms with van der Waals surface area (Å²) in [6, 6.07) is 4.10. The third kappa shape index (κ3) is 2.82. The Labute approximate surface area is 119 Å². The Hall–Kier alpha value is -0.930. The van der Waals surface area contributed by atoms with Gasteiger partial charge in [0.15, 0.2) is 11.5 Å². The van der Waals surface area contributed by atoms with Crippen molar-refractivity contribution in [2.75, 3.05) is 19.8 Å². The fraction of sp³-hybridized carbons (Fsp3) is 0.600. The van der Waals surface area contributed by atoms with Gasteiger partial charge in [0.25, 0.3) is 0 Å². The van der Waals surface area contributed by atoms with Crippen LogP contribution in [0.3, 0.4) is 0 Å². The number of ether oxygens (including phenoxy) is 2. The molecule has 2 aliphatic heterocycles. The topological polar surface area (TPSA) is 30.5 Å². The molecule has 4 heteroatoms. The fourth-order valence-electron chi connectivity index (χ4n) is 2.94. The lowest BCUT2D eigenvalue weighted by Gasteiger charge is -2.25. The highest BCUT2D eigenvalue weighted by Crippen LogP contribution is 2.39. The first-order valence-electron chi connectivity index (χ1n) is 6.99. The maximum atomic E-state index is 6.33. The van der Waals surface area contributed by atoms with Crippen LogP contribution >= 0.6 is 11.6 Å². The van der Waals surface area contributed by atoms with Gasteiger partial charge in [-0.2, -0.15) is 0 Å². The second-order valence-corrected chi connectivity index (χ2v) is 6.13. The zero-order valence-electron chi connectivity index (χ0n) is 11.3. The van der Waals surface area contributed by atoms with Crippen molar-refractivity contribution in [2.24, 2.45) is 0 Å². The van der Waals surface area contributed by atoms with E-state index in [4.69, 9.17) is 21.1 Å². The smallest absolute Gasteiger partial charge is 0.179 e. The largest absolute Gasteiger partial charge is 0.489 e. The van der Waals surface area contributed by atoms with Crippen molar-refractivity contribution in [2.45, 2.75) is 38.1 Å². The summed E-state index contributed by atoms with van der Waals surface area (Å²) in [4.78, 5) is 0. The lowest BCUT2D eigenvalue weighted by Crippen LogP contribution is -2.38. The van der Waals surface area contributed by atoms with Crippen LogP contribution in [-0.2, 0) is 6.42 Å². The third-order valence-corrected chi connectivity index (χ3v) is 4.19. The van der Waals surface area contributed by atoms with Gasteiger partial charge in [-0.3, -0.25) is 0 Å². The first kappa shape index (κ1) is 13.1. The van der Waals surface area contributed by atoms with Crippen LogP contribution in [0.2, 0.25) is 5.02 Å². The van der Waals surface area contributed by atoms with Crippen LogP contribution < -0.4 is 14.8 Å². The molecule has 0 aromatic heterocycles. The van der Waals surface area contributed by atoms with Gasteiger partial charge < -0.3 is 14.8 Å². The van der Waals surface area contributed by atoms with Crippen molar-refractivity contribution in [3.05, 3.63) is 22.7 Å². The van der Waals surface area contributed by atoms with E-state index < -0.39 is 0 Å². The van der Waals surface area contributed by atoms with Crippen molar-refractivity contribution in [1.82, 2.24) is 5.32 Å². The summed E-state index contributed by atoms with van der Waals surface area (Å²) in [7, 11) is 0. The second kappa shape index (κ2) is 5.22. The van der Waals surface area contributed by atoms with E-state index in [-0.39, 0.29) is 5.54 Å². The fourth-order valence-corrected chi connectivity index (χ4v) is 3.23. The second-order valence-electron chi connectivity index (χ2n) is 5.72. The SMILES string of the molecule is CC1(Cc2cc(Cl)c3c(c2)OCCCO3)CCCN1. The Balaban J connectivity index is 1.86. The van der Waals surface area contributed by atoms with Gasteiger partial charge in [-0.05, 0) is 50.4 Å². The molecule has 0 spiro atoms. The van der Waals surface area contributed by atoms with Crippen LogP contribution in [0.25, 0.3) is 0 Å². The molecule has 104 valence electrons. The molecule has 0 saturated carbocycles. The van der Waals surface area contributed by atoms with Crippen molar-refractivity contribution in [1.29, 1.82) is 0 Å². The zero-order valence-corrected chi connectivity index (χ0v) is 12.1. The Morgan fingerprint density at radius 3 is 2.89 bits per heavy atom. The molecule has 1 aromatic rings. The molecule has 2 aliphatic rings. The Kier molecular flexibility index (Phi) is 3.59. The van der Waals surface area contributed by atoms with E-state index >= 15 is 0 Å². The molecule has 1 N–H and O–H groups in total. The average Bonchev–Trinajstić information content (AvgIpc) is 2.64. The molecular weight excluding hydrogens is 262 g/mol. The summed E-state index contributed by atoms with van der Waals surface area (Å²) >= 11 is 6.33. The van der Waals surface area contributed by atoms with Crippen LogP contribution in [0.5, 0.6) is 11.5 Å². The summed E-state index contributed by atoms with van der Waals surface area (Å²) in [5.41, 5.74) is 1.40. The molecule has 1 atom stereocenters. The Bertz CT molecular complexity index is 469. The van der Waals surface area contributed by atoms with E-state index in [1.54, 1.807) is 0 Å². The van der Waals surface area contributed by atoms with Crippen molar-refractivity contribution >= 4 is 11.6 Å². The van der Waals surface area contributed by atoms with Crippen LogP contribution in [0.15, 0.2) is 12.1 Å². The van der Waals surface area contributed by atoms with Crippen molar-refractivity contribution in [3.8, 4) is 11.5 Å². The minimum atomic E-state index is 0.184. The van der Waals surface area contributed by atoms with E-state index in [9.17, 15) is 0 Å². The molecule has 2 heterocycles. The van der Waals surface area contributed by atoms with Gasteiger partial charge >= 0.3 is 0 Å². The van der Waals surface area contributed by atoms with E-state index in [1.807, 2.05) is 6.07 Å². The highest BCUT2D eigenvalue weighted by atomic mass is 35.5. The van der Waals surface area contributed by atoms with Crippen molar-refractivity contribution < 1.29 is 9.47 Å². The number of hydrogen-bond donors (Lipinski definition) is 1. The number of halogens is 1. The molecule has 19 heavy (non-hydrogen) atoms. The zero-order chi connectivity index (χ0) is 13.3. The number of benzene rings is 1. The van der Waals surface area contributed by atoms with Crippen LogP contribution in [0.4, 0.5) is 0 Å². The molecule has 0 bridgehead atoms. The highest BCUT2D eigenvalue weighted by Gasteiger charge is 2.29. The van der Waals surface area contributed by atoms with Crippen molar-refractivity contribution in [3.63, 3.8) is 0 Å². The van der Waals surface area contributed by atoms with E-state index in [0.717, 1.165) is 25.1 Å². The maximum absolute atomic E-state index is 6.33. The molecule has 3 rings (SSSR count). The molecule has 0 aliphatic carbocycles. The van der Waals surface area contributed by atoms with E-state index in [1.165, 1.54) is 18.4 Å². The summed E-state index contributed by atoms with van der Waals surface area (Å²) in [5, 5.41) is 4.24. The monoisotopic (exact) mass is 281 g/mol. The predicted molar refractivity (Wildman–Crippen MR) is 76.4 cm³/mol. The lowest BCUT2D eigenvalue weighted by atomic mass is 9.91. The van der Waals surface area contributed by atoms with Gasteiger partial charge in [-0.1, -0.05) is 11.6 Å². The summed E-state index contributed by atoms with van der Waals surface area (Å²) < 4.78 is 11.4. The van der Waals surface area contributed by atoms with Gasteiger partial charge in [-0.15, -0.1) is 0 Å². The molecule has 1 fully saturated rings. The standard InChI is InChI=1S/C15H20ClNO2/c1-15(4-2-5-17-15)10-11-8-12(16)14-13(9-11)18-6-3-7-19-14/h8-9,17H,2-7,10H2,1H3. The van der Waals surface area contributed by atoms with Crippen LogP contribution in [-0.4, -0.2) is 25.3 Å². The molecular formula is C15H20ClNO2. The molecule has 1 saturated heterocycles. The van der Waals surface area contributed by atoms with Gasteiger partial charge in [0.1, 0.15) is 0 Å². The molecule has 3 nitrogen and oxygen atoms in total. The lowest BCUT2D eigenvalue weighted by molar-refractivity contribution is 0.297. The van der Waals surface area contributed by atoms with Crippen LogP contribution in [0.1, 0.15) is 31.7 Å². The number of fused-ring (bicyclic) bond motifs is 1. The summed E-state index contributed by atoms with van der Waals surface area (Å²) in [6.07, 6.45) is 4.33. The maximum Gasteiger partial charge on any atom is 0.179 e. The van der Waals surface area contributed by atoms with Gasteiger partial charge in [0, 0.05) is 12.0 Å². The number of rotatable bonds is 2. The minimum absolute atomic E-state index is 0.184. The number of nitrogens with one attached hydrogen (secondary N) is 1. The van der Waals surface area contributed by atoms with E-state index in [0.29, 0.717) is 24.0 Å². The van der Waals surface area contributed by atoms with Gasteiger partial charge in [0.05, 0.1) is 18.2 Å². The Morgan fingerprint density at radius 2 is 2.11 bits per heavy atom. The molecule has 1 unspecified atom stereocenters. The van der Waals surface area contributed by atoms with Gasteiger partial charge in [0.2, 0.25) is 0 Å². The average molecular weight is 282 g/mol. The molecule has 0 amide bonds. The molecule has 1 aromatic carbocycles. The molecule has 0 radical (unpaired) electrons. The minimum Gasteiger partial charge on any atom is -0.489 e. The summed E-state index contributed by atoms with van der Waals surface area (Å²) in [6.45, 7) is 4.75. The summed E-state index contributed by atoms with van der Waals surface area (Å²) in [5.74, 6) is 1.49. The third-order valence-electron chi connectivity index (χ3n) is 3.91. The highest BCUT2D eigenvalue weighted by molar-refractivity contribution is 6.32.